The predicted octanol–water partition coefficient (Wildman–Crippen LogP) is 3.15. The van der Waals surface area contributed by atoms with Crippen LogP contribution in [0.15, 0.2) is 24.3 Å². The molecule has 0 saturated heterocycles. The highest BCUT2D eigenvalue weighted by molar-refractivity contribution is 5.48. The molecule has 1 atom stereocenters. The SMILES string of the molecule is CCN(CC)c1ccc([C@](C)(O)C2CC2)cc1. The van der Waals surface area contributed by atoms with Crippen molar-refractivity contribution in [2.24, 2.45) is 5.92 Å². The van der Waals surface area contributed by atoms with Crippen LogP contribution in [0, 0.1) is 5.92 Å². The average Bonchev–Trinajstić information content (AvgIpc) is 3.15. The van der Waals surface area contributed by atoms with Crippen LogP contribution in [0.4, 0.5) is 5.69 Å². The van der Waals surface area contributed by atoms with Crippen molar-refractivity contribution in [2.45, 2.75) is 39.2 Å². The zero-order valence-electron chi connectivity index (χ0n) is 11.1. The van der Waals surface area contributed by atoms with Crippen molar-refractivity contribution in [3.05, 3.63) is 29.8 Å². The summed E-state index contributed by atoms with van der Waals surface area (Å²) in [5, 5.41) is 10.5. The first-order valence-electron chi connectivity index (χ1n) is 6.67. The highest BCUT2D eigenvalue weighted by Crippen LogP contribution is 2.45. The summed E-state index contributed by atoms with van der Waals surface area (Å²) in [5.74, 6) is 0.460. The van der Waals surface area contributed by atoms with E-state index < -0.39 is 5.60 Å². The van der Waals surface area contributed by atoms with E-state index in [2.05, 4.69) is 43.0 Å². The van der Waals surface area contributed by atoms with Gasteiger partial charge in [-0.3, -0.25) is 0 Å². The van der Waals surface area contributed by atoms with Gasteiger partial charge in [0.05, 0.1) is 5.60 Å². The van der Waals surface area contributed by atoms with Gasteiger partial charge >= 0.3 is 0 Å². The van der Waals surface area contributed by atoms with Gasteiger partial charge in [-0.1, -0.05) is 12.1 Å². The second-order valence-electron chi connectivity index (χ2n) is 5.14. The van der Waals surface area contributed by atoms with Crippen molar-refractivity contribution in [1.82, 2.24) is 0 Å². The van der Waals surface area contributed by atoms with Gasteiger partial charge in [0.2, 0.25) is 0 Å². The van der Waals surface area contributed by atoms with E-state index in [-0.39, 0.29) is 0 Å². The lowest BCUT2D eigenvalue weighted by molar-refractivity contribution is 0.0331. The van der Waals surface area contributed by atoms with Gasteiger partial charge in [0.25, 0.3) is 0 Å². The van der Waals surface area contributed by atoms with Crippen LogP contribution in [0.25, 0.3) is 0 Å². The fourth-order valence-corrected chi connectivity index (χ4v) is 2.48. The maximum Gasteiger partial charge on any atom is 0.0896 e. The molecule has 2 rings (SSSR count). The molecule has 0 aliphatic heterocycles. The number of nitrogens with zero attached hydrogens (tertiary/aromatic N) is 1. The minimum Gasteiger partial charge on any atom is -0.385 e. The van der Waals surface area contributed by atoms with Crippen molar-refractivity contribution >= 4 is 5.69 Å². The summed E-state index contributed by atoms with van der Waals surface area (Å²) in [7, 11) is 0. The molecule has 1 aliphatic rings. The summed E-state index contributed by atoms with van der Waals surface area (Å²) in [4.78, 5) is 2.32. The van der Waals surface area contributed by atoms with E-state index in [1.165, 1.54) is 5.69 Å². The lowest BCUT2D eigenvalue weighted by atomic mass is 9.91. The molecule has 0 unspecified atom stereocenters. The molecule has 0 heterocycles. The minimum atomic E-state index is -0.637. The lowest BCUT2D eigenvalue weighted by Gasteiger charge is -2.26. The van der Waals surface area contributed by atoms with Crippen molar-refractivity contribution in [1.29, 1.82) is 0 Å². The van der Waals surface area contributed by atoms with Crippen LogP contribution in [0.1, 0.15) is 39.2 Å². The summed E-state index contributed by atoms with van der Waals surface area (Å²) >= 11 is 0. The van der Waals surface area contributed by atoms with Crippen LogP contribution in [0.5, 0.6) is 0 Å². The number of hydrogen-bond donors (Lipinski definition) is 1. The Labute approximate surface area is 104 Å². The maximum atomic E-state index is 10.5. The van der Waals surface area contributed by atoms with E-state index in [0.717, 1.165) is 31.5 Å². The van der Waals surface area contributed by atoms with Crippen LogP contribution < -0.4 is 4.90 Å². The number of hydrogen-bond acceptors (Lipinski definition) is 2. The largest absolute Gasteiger partial charge is 0.385 e. The first kappa shape index (κ1) is 12.4. The molecule has 1 aromatic carbocycles. The molecule has 2 heteroatoms. The van der Waals surface area contributed by atoms with Gasteiger partial charge in [0.1, 0.15) is 0 Å². The fourth-order valence-electron chi connectivity index (χ4n) is 2.48. The molecule has 17 heavy (non-hydrogen) atoms. The van der Waals surface area contributed by atoms with Gasteiger partial charge in [0.15, 0.2) is 0 Å². The van der Waals surface area contributed by atoms with Crippen LogP contribution in [0.3, 0.4) is 0 Å². The summed E-state index contributed by atoms with van der Waals surface area (Å²) in [5.41, 5.74) is 1.66. The monoisotopic (exact) mass is 233 g/mol. The third kappa shape index (κ3) is 2.47. The van der Waals surface area contributed by atoms with Gasteiger partial charge in [0, 0.05) is 18.8 Å². The van der Waals surface area contributed by atoms with Gasteiger partial charge in [-0.15, -0.1) is 0 Å². The van der Waals surface area contributed by atoms with Crippen LogP contribution in [-0.2, 0) is 5.60 Å². The smallest absolute Gasteiger partial charge is 0.0896 e. The molecular weight excluding hydrogens is 210 g/mol. The topological polar surface area (TPSA) is 23.5 Å². The van der Waals surface area contributed by atoms with E-state index in [1.807, 2.05) is 6.92 Å². The Morgan fingerprint density at radius 3 is 2.12 bits per heavy atom. The van der Waals surface area contributed by atoms with E-state index in [0.29, 0.717) is 5.92 Å². The van der Waals surface area contributed by atoms with Crippen molar-refractivity contribution in [3.8, 4) is 0 Å². The van der Waals surface area contributed by atoms with E-state index in [9.17, 15) is 5.11 Å². The number of anilines is 1. The molecule has 0 bridgehead atoms. The van der Waals surface area contributed by atoms with Crippen molar-refractivity contribution in [3.63, 3.8) is 0 Å². The Morgan fingerprint density at radius 1 is 1.18 bits per heavy atom. The van der Waals surface area contributed by atoms with Crippen LogP contribution in [-0.4, -0.2) is 18.2 Å². The molecule has 0 spiro atoms. The molecule has 1 N–H and O–H groups in total. The first-order chi connectivity index (χ1) is 8.09. The minimum absolute atomic E-state index is 0.460. The number of benzene rings is 1. The lowest BCUT2D eigenvalue weighted by Crippen LogP contribution is -2.25. The summed E-state index contributed by atoms with van der Waals surface area (Å²) in [6.07, 6.45) is 2.32. The maximum absolute atomic E-state index is 10.5. The highest BCUT2D eigenvalue weighted by atomic mass is 16.3. The molecular formula is C15H23NO. The van der Waals surface area contributed by atoms with Gasteiger partial charge < -0.3 is 10.0 Å². The Kier molecular flexibility index (Phi) is 3.43. The van der Waals surface area contributed by atoms with Crippen molar-refractivity contribution < 1.29 is 5.11 Å². The van der Waals surface area contributed by atoms with Crippen LogP contribution in [0.2, 0.25) is 0 Å². The second kappa shape index (κ2) is 4.69. The average molecular weight is 233 g/mol. The normalized spacial score (nSPS) is 18.8. The van der Waals surface area contributed by atoms with E-state index in [1.54, 1.807) is 0 Å². The Morgan fingerprint density at radius 2 is 1.71 bits per heavy atom. The second-order valence-corrected chi connectivity index (χ2v) is 5.14. The fraction of sp³-hybridized carbons (Fsp3) is 0.600. The predicted molar refractivity (Wildman–Crippen MR) is 72.3 cm³/mol. The van der Waals surface area contributed by atoms with Gasteiger partial charge in [-0.2, -0.15) is 0 Å². The molecule has 1 saturated carbocycles. The number of rotatable bonds is 5. The standard InChI is InChI=1S/C15H23NO/c1-4-16(5-2)14-10-8-13(9-11-14)15(3,17)12-6-7-12/h8-12,17H,4-7H2,1-3H3/t15-/m1/s1. The zero-order chi connectivity index (χ0) is 12.5. The molecule has 1 aromatic rings. The number of aliphatic hydroxyl groups is 1. The molecule has 0 aromatic heterocycles. The quantitative estimate of drug-likeness (QED) is 0.844. The molecule has 0 radical (unpaired) electrons. The Hall–Kier alpha value is -1.02. The van der Waals surface area contributed by atoms with Crippen LogP contribution >= 0.6 is 0 Å². The molecule has 94 valence electrons. The van der Waals surface area contributed by atoms with E-state index in [4.69, 9.17) is 0 Å². The van der Waals surface area contributed by atoms with E-state index >= 15 is 0 Å². The summed E-state index contributed by atoms with van der Waals surface area (Å²) < 4.78 is 0. The molecule has 0 amide bonds. The molecule has 2 nitrogen and oxygen atoms in total. The highest BCUT2D eigenvalue weighted by Gasteiger charge is 2.41. The Bertz CT molecular complexity index is 361. The third-order valence-corrected chi connectivity index (χ3v) is 3.95. The Balaban J connectivity index is 2.17. The van der Waals surface area contributed by atoms with Gasteiger partial charge in [-0.25, -0.2) is 0 Å². The molecule has 1 aliphatic carbocycles. The zero-order valence-corrected chi connectivity index (χ0v) is 11.1. The summed E-state index contributed by atoms with van der Waals surface area (Å²) in [6, 6.07) is 8.40. The molecule has 1 fully saturated rings. The third-order valence-electron chi connectivity index (χ3n) is 3.95. The van der Waals surface area contributed by atoms with Gasteiger partial charge in [-0.05, 0) is 57.2 Å². The summed E-state index contributed by atoms with van der Waals surface area (Å²) in [6.45, 7) is 8.32. The van der Waals surface area contributed by atoms with Crippen molar-refractivity contribution in [2.75, 3.05) is 18.0 Å². The first-order valence-corrected chi connectivity index (χ1v) is 6.67.